The first kappa shape index (κ1) is 12.2. The van der Waals surface area contributed by atoms with Crippen molar-refractivity contribution in [3.8, 4) is 0 Å². The average Bonchev–Trinajstić information content (AvgIpc) is 2.78. The minimum absolute atomic E-state index is 0.0537. The number of hydrogen-bond donors (Lipinski definition) is 2. The van der Waals surface area contributed by atoms with E-state index in [1.165, 1.54) is 0 Å². The van der Waals surface area contributed by atoms with Gasteiger partial charge >= 0.3 is 0 Å². The van der Waals surface area contributed by atoms with Crippen molar-refractivity contribution in [3.63, 3.8) is 0 Å². The third kappa shape index (κ3) is 2.70. The predicted octanol–water partition coefficient (Wildman–Crippen LogP) is 3.36. The summed E-state index contributed by atoms with van der Waals surface area (Å²) in [6.45, 7) is 1.84. The van der Waals surface area contributed by atoms with Crippen LogP contribution >= 0.6 is 15.9 Å². The molecular formula is C13H14BrNO2. The van der Waals surface area contributed by atoms with E-state index < -0.39 is 5.54 Å². The van der Waals surface area contributed by atoms with Crippen LogP contribution in [0.3, 0.4) is 0 Å². The summed E-state index contributed by atoms with van der Waals surface area (Å²) in [5.74, 6) is 0.690. The van der Waals surface area contributed by atoms with Crippen molar-refractivity contribution >= 4 is 21.6 Å². The molecule has 2 aromatic rings. The fourth-order valence-electron chi connectivity index (χ4n) is 1.63. The third-order valence-electron chi connectivity index (χ3n) is 2.63. The molecule has 1 atom stereocenters. The summed E-state index contributed by atoms with van der Waals surface area (Å²) >= 11 is 3.26. The number of aliphatic hydroxyl groups excluding tert-OH is 1. The molecule has 0 radical (unpaired) electrons. The minimum atomic E-state index is -0.632. The van der Waals surface area contributed by atoms with Crippen LogP contribution in [0.1, 0.15) is 12.7 Å². The van der Waals surface area contributed by atoms with E-state index in [-0.39, 0.29) is 6.61 Å². The molecule has 0 fully saturated rings. The number of nitrogens with one attached hydrogen (secondary N) is 1. The molecular weight excluding hydrogens is 282 g/mol. The molecule has 0 aliphatic rings. The molecule has 0 saturated carbocycles. The summed E-state index contributed by atoms with van der Waals surface area (Å²) in [7, 11) is 0. The first-order chi connectivity index (χ1) is 8.14. The molecule has 0 aliphatic carbocycles. The second-order valence-electron chi connectivity index (χ2n) is 4.09. The van der Waals surface area contributed by atoms with Gasteiger partial charge in [-0.3, -0.25) is 0 Å². The molecule has 0 spiro atoms. The monoisotopic (exact) mass is 295 g/mol. The van der Waals surface area contributed by atoms with Crippen molar-refractivity contribution in [3.05, 3.63) is 52.9 Å². The van der Waals surface area contributed by atoms with Gasteiger partial charge in [0.1, 0.15) is 11.3 Å². The van der Waals surface area contributed by atoms with Crippen molar-refractivity contribution in [1.82, 2.24) is 0 Å². The van der Waals surface area contributed by atoms with Crippen LogP contribution in [0.2, 0.25) is 0 Å². The van der Waals surface area contributed by atoms with Gasteiger partial charge in [0.15, 0.2) is 4.67 Å². The maximum atomic E-state index is 9.57. The zero-order valence-corrected chi connectivity index (χ0v) is 11.1. The Bertz CT molecular complexity index is 483. The maximum absolute atomic E-state index is 9.57. The van der Waals surface area contributed by atoms with Crippen LogP contribution in [0.5, 0.6) is 0 Å². The number of halogens is 1. The lowest BCUT2D eigenvalue weighted by molar-refractivity contribution is 0.202. The van der Waals surface area contributed by atoms with E-state index in [2.05, 4.69) is 21.2 Å². The van der Waals surface area contributed by atoms with Crippen LogP contribution in [-0.2, 0) is 5.54 Å². The highest BCUT2D eigenvalue weighted by atomic mass is 79.9. The summed E-state index contributed by atoms with van der Waals surface area (Å²) < 4.78 is 6.16. The summed E-state index contributed by atoms with van der Waals surface area (Å²) in [5.41, 5.74) is 0.310. The summed E-state index contributed by atoms with van der Waals surface area (Å²) in [6.07, 6.45) is 0. The molecule has 1 heterocycles. The quantitative estimate of drug-likeness (QED) is 0.909. The standard InChI is InChI=1S/C13H14BrNO2/c1-13(9-16,11-7-8-12(14)17-11)15-10-5-3-2-4-6-10/h2-8,15-16H,9H2,1H3. The van der Waals surface area contributed by atoms with Crippen molar-refractivity contribution in [2.24, 2.45) is 0 Å². The number of anilines is 1. The van der Waals surface area contributed by atoms with Gasteiger partial charge in [0, 0.05) is 5.69 Å². The zero-order chi connectivity index (χ0) is 12.3. The SMILES string of the molecule is CC(CO)(Nc1ccccc1)c1ccc(Br)o1. The second kappa shape index (κ2) is 4.94. The highest BCUT2D eigenvalue weighted by Crippen LogP contribution is 2.28. The Balaban J connectivity index is 2.26. The fraction of sp³-hybridized carbons (Fsp3) is 0.231. The highest BCUT2D eigenvalue weighted by molar-refractivity contribution is 9.10. The van der Waals surface area contributed by atoms with E-state index in [0.717, 1.165) is 5.69 Å². The van der Waals surface area contributed by atoms with Gasteiger partial charge in [-0.2, -0.15) is 0 Å². The average molecular weight is 296 g/mol. The topological polar surface area (TPSA) is 45.4 Å². The second-order valence-corrected chi connectivity index (χ2v) is 4.87. The van der Waals surface area contributed by atoms with Crippen molar-refractivity contribution in [2.45, 2.75) is 12.5 Å². The van der Waals surface area contributed by atoms with Gasteiger partial charge in [-0.05, 0) is 47.1 Å². The van der Waals surface area contributed by atoms with Crippen LogP contribution in [0, 0.1) is 0 Å². The van der Waals surface area contributed by atoms with Crippen molar-refractivity contribution in [2.75, 3.05) is 11.9 Å². The largest absolute Gasteiger partial charge is 0.452 e. The molecule has 17 heavy (non-hydrogen) atoms. The molecule has 2 rings (SSSR count). The Kier molecular flexibility index (Phi) is 3.54. The number of hydrogen-bond acceptors (Lipinski definition) is 3. The summed E-state index contributed by atoms with van der Waals surface area (Å²) in [5, 5.41) is 12.8. The third-order valence-corrected chi connectivity index (χ3v) is 3.05. The molecule has 0 bridgehead atoms. The predicted molar refractivity (Wildman–Crippen MR) is 70.9 cm³/mol. The molecule has 3 nitrogen and oxygen atoms in total. The highest BCUT2D eigenvalue weighted by Gasteiger charge is 2.29. The van der Waals surface area contributed by atoms with Gasteiger partial charge < -0.3 is 14.8 Å². The van der Waals surface area contributed by atoms with Crippen LogP contribution in [0.15, 0.2) is 51.6 Å². The fourth-order valence-corrected chi connectivity index (χ4v) is 1.94. The molecule has 0 saturated heterocycles. The molecule has 1 unspecified atom stereocenters. The van der Waals surface area contributed by atoms with E-state index in [1.54, 1.807) is 0 Å². The Morgan fingerprint density at radius 3 is 2.47 bits per heavy atom. The first-order valence-corrected chi connectivity index (χ1v) is 6.13. The maximum Gasteiger partial charge on any atom is 0.169 e. The number of furan rings is 1. The minimum Gasteiger partial charge on any atom is -0.452 e. The number of para-hydroxylation sites is 1. The number of aliphatic hydroxyl groups is 1. The van der Waals surface area contributed by atoms with Crippen LogP contribution in [0.4, 0.5) is 5.69 Å². The molecule has 90 valence electrons. The van der Waals surface area contributed by atoms with E-state index in [1.807, 2.05) is 49.4 Å². The smallest absolute Gasteiger partial charge is 0.169 e. The lowest BCUT2D eigenvalue weighted by Gasteiger charge is -2.27. The Labute approximate surface area is 109 Å². The first-order valence-electron chi connectivity index (χ1n) is 5.34. The van der Waals surface area contributed by atoms with Gasteiger partial charge in [0.05, 0.1) is 6.61 Å². The normalized spacial score (nSPS) is 14.3. The van der Waals surface area contributed by atoms with Crippen molar-refractivity contribution < 1.29 is 9.52 Å². The van der Waals surface area contributed by atoms with Crippen LogP contribution in [-0.4, -0.2) is 11.7 Å². The zero-order valence-electron chi connectivity index (χ0n) is 9.48. The molecule has 1 aromatic carbocycles. The Morgan fingerprint density at radius 2 is 1.94 bits per heavy atom. The Hall–Kier alpha value is -1.26. The number of rotatable bonds is 4. The summed E-state index contributed by atoms with van der Waals surface area (Å²) in [4.78, 5) is 0. The van der Waals surface area contributed by atoms with E-state index in [4.69, 9.17) is 4.42 Å². The lowest BCUT2D eigenvalue weighted by Crippen LogP contribution is -2.35. The Morgan fingerprint density at radius 1 is 1.24 bits per heavy atom. The summed E-state index contributed by atoms with van der Waals surface area (Å²) in [6, 6.07) is 13.4. The van der Waals surface area contributed by atoms with E-state index >= 15 is 0 Å². The van der Waals surface area contributed by atoms with Gasteiger partial charge in [-0.15, -0.1) is 0 Å². The van der Waals surface area contributed by atoms with Crippen molar-refractivity contribution in [1.29, 1.82) is 0 Å². The van der Waals surface area contributed by atoms with E-state index in [9.17, 15) is 5.11 Å². The van der Waals surface area contributed by atoms with Gasteiger partial charge in [0.2, 0.25) is 0 Å². The molecule has 4 heteroatoms. The molecule has 0 amide bonds. The number of benzene rings is 1. The molecule has 1 aromatic heterocycles. The molecule has 0 aliphatic heterocycles. The lowest BCUT2D eigenvalue weighted by atomic mass is 10.00. The molecule has 2 N–H and O–H groups in total. The van der Waals surface area contributed by atoms with E-state index in [0.29, 0.717) is 10.4 Å². The van der Waals surface area contributed by atoms with Crippen LogP contribution in [0.25, 0.3) is 0 Å². The van der Waals surface area contributed by atoms with Crippen LogP contribution < -0.4 is 5.32 Å². The van der Waals surface area contributed by atoms with Gasteiger partial charge in [-0.25, -0.2) is 0 Å². The van der Waals surface area contributed by atoms with Gasteiger partial charge in [-0.1, -0.05) is 18.2 Å². The van der Waals surface area contributed by atoms with Gasteiger partial charge in [0.25, 0.3) is 0 Å².